The van der Waals surface area contributed by atoms with Crippen molar-refractivity contribution < 1.29 is 4.92 Å². The van der Waals surface area contributed by atoms with E-state index in [4.69, 9.17) is 5.84 Å². The van der Waals surface area contributed by atoms with Gasteiger partial charge in [-0.15, -0.1) is 0 Å². The van der Waals surface area contributed by atoms with Crippen molar-refractivity contribution in [2.45, 2.75) is 12.8 Å². The summed E-state index contributed by atoms with van der Waals surface area (Å²) in [5.74, 6) is 8.26. The molecule has 7 heteroatoms. The van der Waals surface area contributed by atoms with Gasteiger partial charge in [-0.1, -0.05) is 6.07 Å². The second kappa shape index (κ2) is 6.63. The van der Waals surface area contributed by atoms with Crippen molar-refractivity contribution in [1.82, 2.24) is 0 Å². The number of nitro benzene ring substituents is 1. The monoisotopic (exact) mass is 282 g/mol. The summed E-state index contributed by atoms with van der Waals surface area (Å²) in [6, 6.07) is 5.07. The van der Waals surface area contributed by atoms with Crippen molar-refractivity contribution in [2.24, 2.45) is 11.8 Å². The van der Waals surface area contributed by atoms with Gasteiger partial charge in [-0.2, -0.15) is 11.8 Å². The van der Waals surface area contributed by atoms with E-state index in [2.05, 4.69) is 10.7 Å². The highest BCUT2D eigenvalue weighted by molar-refractivity contribution is 7.99. The molecule has 1 saturated heterocycles. The van der Waals surface area contributed by atoms with Gasteiger partial charge in [-0.05, 0) is 42.4 Å². The van der Waals surface area contributed by atoms with E-state index in [1.807, 2.05) is 11.8 Å². The molecule has 1 aromatic carbocycles. The minimum atomic E-state index is -0.408. The molecule has 1 aromatic rings. The van der Waals surface area contributed by atoms with Crippen LogP contribution in [0.1, 0.15) is 12.8 Å². The number of hydrogen-bond donors (Lipinski definition) is 3. The van der Waals surface area contributed by atoms with Crippen LogP contribution in [-0.4, -0.2) is 23.0 Å². The Morgan fingerprint density at radius 2 is 2.05 bits per heavy atom. The van der Waals surface area contributed by atoms with Crippen LogP contribution in [0.4, 0.5) is 17.1 Å². The van der Waals surface area contributed by atoms with Gasteiger partial charge in [0.1, 0.15) is 11.4 Å². The van der Waals surface area contributed by atoms with Crippen LogP contribution < -0.4 is 16.6 Å². The molecular formula is C12H18N4O2S. The molecule has 1 aliphatic heterocycles. The average molecular weight is 282 g/mol. The number of nitrogens with zero attached hydrogens (tertiary/aromatic N) is 1. The number of para-hydroxylation sites is 1. The summed E-state index contributed by atoms with van der Waals surface area (Å²) in [5.41, 5.74) is 3.23. The first-order valence-electron chi connectivity index (χ1n) is 6.28. The molecule has 1 aliphatic rings. The fraction of sp³-hybridized carbons (Fsp3) is 0.500. The predicted molar refractivity (Wildman–Crippen MR) is 79.4 cm³/mol. The van der Waals surface area contributed by atoms with Crippen molar-refractivity contribution in [1.29, 1.82) is 0 Å². The van der Waals surface area contributed by atoms with Crippen LogP contribution in [-0.2, 0) is 0 Å². The van der Waals surface area contributed by atoms with Crippen LogP contribution in [0.15, 0.2) is 18.2 Å². The highest BCUT2D eigenvalue weighted by Crippen LogP contribution is 2.33. The first kappa shape index (κ1) is 14.0. The zero-order valence-electron chi connectivity index (χ0n) is 10.6. The number of rotatable bonds is 5. The lowest BCUT2D eigenvalue weighted by atomic mass is 10.0. The number of benzene rings is 1. The lowest BCUT2D eigenvalue weighted by Crippen LogP contribution is -2.20. The Morgan fingerprint density at radius 3 is 2.68 bits per heavy atom. The van der Waals surface area contributed by atoms with Gasteiger partial charge in [0.2, 0.25) is 0 Å². The highest BCUT2D eigenvalue weighted by Gasteiger charge is 2.20. The second-order valence-electron chi connectivity index (χ2n) is 4.54. The van der Waals surface area contributed by atoms with Crippen LogP contribution >= 0.6 is 11.8 Å². The highest BCUT2D eigenvalue weighted by atomic mass is 32.2. The molecule has 0 saturated carbocycles. The van der Waals surface area contributed by atoms with E-state index in [0.717, 1.165) is 6.54 Å². The normalized spacial score (nSPS) is 16.1. The van der Waals surface area contributed by atoms with E-state index >= 15 is 0 Å². The molecule has 0 amide bonds. The number of hydrazine groups is 1. The molecule has 104 valence electrons. The number of nitrogens with two attached hydrogens (primary N) is 1. The van der Waals surface area contributed by atoms with Gasteiger partial charge in [0, 0.05) is 6.54 Å². The molecule has 4 N–H and O–H groups in total. The molecule has 19 heavy (non-hydrogen) atoms. The van der Waals surface area contributed by atoms with Gasteiger partial charge >= 0.3 is 5.69 Å². The van der Waals surface area contributed by atoms with Gasteiger partial charge in [0.05, 0.1) is 4.92 Å². The van der Waals surface area contributed by atoms with Crippen molar-refractivity contribution in [2.75, 3.05) is 28.8 Å². The lowest BCUT2D eigenvalue weighted by molar-refractivity contribution is -0.383. The van der Waals surface area contributed by atoms with Gasteiger partial charge in [-0.3, -0.25) is 16.0 Å². The van der Waals surface area contributed by atoms with Gasteiger partial charge < -0.3 is 10.7 Å². The zero-order chi connectivity index (χ0) is 13.7. The molecule has 0 atom stereocenters. The van der Waals surface area contributed by atoms with Crippen molar-refractivity contribution in [3.05, 3.63) is 28.3 Å². The van der Waals surface area contributed by atoms with Crippen molar-refractivity contribution in [3.8, 4) is 0 Å². The number of nitro groups is 1. The number of nitrogen functional groups attached to an aromatic ring is 1. The molecule has 0 radical (unpaired) electrons. The minimum Gasteiger partial charge on any atom is -0.379 e. The Bertz CT molecular complexity index is 449. The van der Waals surface area contributed by atoms with Crippen LogP contribution in [0, 0.1) is 16.0 Å². The topological polar surface area (TPSA) is 93.2 Å². The van der Waals surface area contributed by atoms with Crippen LogP contribution in [0.25, 0.3) is 0 Å². The standard InChI is InChI=1S/C12H18N4O2S/c13-15-11-3-1-2-10(12(11)16(17)18)14-8-9-4-6-19-7-5-9/h1-3,9,14-15H,4-8,13H2. The summed E-state index contributed by atoms with van der Waals surface area (Å²) in [5, 5.41) is 14.3. The summed E-state index contributed by atoms with van der Waals surface area (Å²) in [6.45, 7) is 0.773. The largest absolute Gasteiger partial charge is 0.379 e. The smallest absolute Gasteiger partial charge is 0.316 e. The molecule has 0 aromatic heterocycles. The Balaban J connectivity index is 2.08. The Labute approximate surface area is 116 Å². The molecule has 0 bridgehead atoms. The van der Waals surface area contributed by atoms with E-state index in [0.29, 0.717) is 17.3 Å². The van der Waals surface area contributed by atoms with E-state index in [1.165, 1.54) is 24.3 Å². The van der Waals surface area contributed by atoms with Crippen LogP contribution in [0.3, 0.4) is 0 Å². The maximum absolute atomic E-state index is 11.1. The van der Waals surface area contributed by atoms with E-state index < -0.39 is 4.92 Å². The summed E-state index contributed by atoms with van der Waals surface area (Å²) in [4.78, 5) is 10.7. The van der Waals surface area contributed by atoms with Crippen molar-refractivity contribution >= 4 is 28.8 Å². The molecule has 0 aliphatic carbocycles. The molecule has 1 fully saturated rings. The fourth-order valence-electron chi connectivity index (χ4n) is 2.20. The first-order valence-corrected chi connectivity index (χ1v) is 7.43. The lowest BCUT2D eigenvalue weighted by Gasteiger charge is -2.22. The summed E-state index contributed by atoms with van der Waals surface area (Å²) < 4.78 is 0. The summed E-state index contributed by atoms with van der Waals surface area (Å²) in [7, 11) is 0. The van der Waals surface area contributed by atoms with E-state index in [-0.39, 0.29) is 5.69 Å². The Hall–Kier alpha value is -1.47. The van der Waals surface area contributed by atoms with Crippen LogP contribution in [0.5, 0.6) is 0 Å². The molecule has 1 heterocycles. The van der Waals surface area contributed by atoms with Gasteiger partial charge in [-0.25, -0.2) is 0 Å². The van der Waals surface area contributed by atoms with Crippen molar-refractivity contribution in [3.63, 3.8) is 0 Å². The zero-order valence-corrected chi connectivity index (χ0v) is 11.4. The number of hydrogen-bond acceptors (Lipinski definition) is 6. The Kier molecular flexibility index (Phi) is 4.86. The fourth-order valence-corrected chi connectivity index (χ4v) is 3.41. The third-order valence-electron chi connectivity index (χ3n) is 3.30. The second-order valence-corrected chi connectivity index (χ2v) is 5.76. The number of thioether (sulfide) groups is 1. The maximum Gasteiger partial charge on any atom is 0.316 e. The quantitative estimate of drug-likeness (QED) is 0.436. The third kappa shape index (κ3) is 3.51. The van der Waals surface area contributed by atoms with Gasteiger partial charge in [0.25, 0.3) is 0 Å². The average Bonchev–Trinajstić information content (AvgIpc) is 2.45. The summed E-state index contributed by atoms with van der Waals surface area (Å²) in [6.07, 6.45) is 2.33. The predicted octanol–water partition coefficient (Wildman–Crippen LogP) is 2.44. The molecule has 2 rings (SSSR count). The maximum atomic E-state index is 11.1. The summed E-state index contributed by atoms with van der Waals surface area (Å²) >= 11 is 1.97. The molecule has 0 unspecified atom stereocenters. The first-order chi connectivity index (χ1) is 9.22. The minimum absolute atomic E-state index is 0.00943. The van der Waals surface area contributed by atoms with Crippen LogP contribution in [0.2, 0.25) is 0 Å². The van der Waals surface area contributed by atoms with Gasteiger partial charge in [0.15, 0.2) is 0 Å². The molecule has 6 nitrogen and oxygen atoms in total. The SMILES string of the molecule is NNc1cccc(NCC2CCSCC2)c1[N+](=O)[O-]. The number of nitrogens with one attached hydrogen (secondary N) is 2. The third-order valence-corrected chi connectivity index (χ3v) is 4.34. The molecular weight excluding hydrogens is 264 g/mol. The number of anilines is 2. The van der Waals surface area contributed by atoms with E-state index in [1.54, 1.807) is 18.2 Å². The molecule has 0 spiro atoms. The van der Waals surface area contributed by atoms with E-state index in [9.17, 15) is 10.1 Å². The Morgan fingerprint density at radius 1 is 1.37 bits per heavy atom.